The number of amides is 1. The van der Waals surface area contributed by atoms with E-state index in [0.717, 1.165) is 44.5 Å². The molecule has 0 aliphatic carbocycles. The van der Waals surface area contributed by atoms with Gasteiger partial charge in [-0.25, -0.2) is 0 Å². The third kappa shape index (κ3) is 5.46. The minimum absolute atomic E-state index is 0. The smallest absolute Gasteiger partial charge is 0.254 e. The molecule has 0 bridgehead atoms. The second-order valence-corrected chi connectivity index (χ2v) is 7.39. The van der Waals surface area contributed by atoms with E-state index in [1.54, 1.807) is 0 Å². The Labute approximate surface area is 159 Å². The van der Waals surface area contributed by atoms with Crippen molar-refractivity contribution in [2.45, 2.75) is 58.3 Å². The molecule has 0 atom stereocenters. The first kappa shape index (κ1) is 20.3. The number of aryl methyl sites for hydroxylation is 1. The van der Waals surface area contributed by atoms with E-state index in [1.165, 1.54) is 56.3 Å². The average molecular weight is 365 g/mol. The van der Waals surface area contributed by atoms with Crippen molar-refractivity contribution in [2.24, 2.45) is 0 Å². The van der Waals surface area contributed by atoms with Crippen molar-refractivity contribution in [3.05, 3.63) is 34.9 Å². The lowest BCUT2D eigenvalue weighted by atomic mass is 9.94. The molecule has 0 unspecified atom stereocenters. The molecule has 25 heavy (non-hydrogen) atoms. The summed E-state index contributed by atoms with van der Waals surface area (Å²) in [6, 6.07) is 6.52. The van der Waals surface area contributed by atoms with Gasteiger partial charge < -0.3 is 9.80 Å². The van der Waals surface area contributed by atoms with Crippen molar-refractivity contribution in [3.63, 3.8) is 0 Å². The van der Waals surface area contributed by atoms with Crippen molar-refractivity contribution < 1.29 is 4.79 Å². The quantitative estimate of drug-likeness (QED) is 0.641. The molecular weight excluding hydrogens is 332 g/mol. The third-order valence-corrected chi connectivity index (χ3v) is 5.51. The first-order valence-electron chi connectivity index (χ1n) is 9.91. The number of hydrogen-bond donors (Lipinski definition) is 0. The Balaban J connectivity index is 0.00000225. The van der Waals surface area contributed by atoms with E-state index in [4.69, 9.17) is 0 Å². The Morgan fingerprint density at radius 2 is 1.80 bits per heavy atom. The SMILES string of the molecule is CCCCCc1ccc2c(c1)CCN(CCCN1CCCC1)C2=O.Cl. The third-order valence-electron chi connectivity index (χ3n) is 5.51. The van der Waals surface area contributed by atoms with Gasteiger partial charge in [-0.05, 0) is 75.4 Å². The molecule has 3 nitrogen and oxygen atoms in total. The lowest BCUT2D eigenvalue weighted by Crippen LogP contribution is -2.39. The normalized spacial score (nSPS) is 17.5. The van der Waals surface area contributed by atoms with Gasteiger partial charge >= 0.3 is 0 Å². The molecule has 1 aromatic carbocycles. The van der Waals surface area contributed by atoms with Gasteiger partial charge in [-0.1, -0.05) is 31.9 Å². The van der Waals surface area contributed by atoms with Gasteiger partial charge in [0.2, 0.25) is 0 Å². The first-order chi connectivity index (χ1) is 11.8. The van der Waals surface area contributed by atoms with E-state index in [0.29, 0.717) is 0 Å². The number of hydrogen-bond acceptors (Lipinski definition) is 2. The highest BCUT2D eigenvalue weighted by Crippen LogP contribution is 2.22. The Kier molecular flexibility index (Phi) is 8.25. The second kappa shape index (κ2) is 10.2. The number of rotatable bonds is 8. The highest BCUT2D eigenvalue weighted by molar-refractivity contribution is 5.96. The number of carbonyl (C=O) groups is 1. The molecule has 1 amide bonds. The summed E-state index contributed by atoms with van der Waals surface area (Å²) in [4.78, 5) is 17.3. The monoisotopic (exact) mass is 364 g/mol. The molecular formula is C21H33ClN2O. The fourth-order valence-electron chi connectivity index (χ4n) is 4.03. The van der Waals surface area contributed by atoms with Crippen molar-refractivity contribution in [1.82, 2.24) is 9.80 Å². The van der Waals surface area contributed by atoms with Crippen LogP contribution in [-0.2, 0) is 12.8 Å². The maximum Gasteiger partial charge on any atom is 0.254 e. The number of benzene rings is 1. The van der Waals surface area contributed by atoms with Gasteiger partial charge in [-0.3, -0.25) is 4.79 Å². The molecule has 0 saturated carbocycles. The minimum Gasteiger partial charge on any atom is -0.338 e. The fraction of sp³-hybridized carbons (Fsp3) is 0.667. The van der Waals surface area contributed by atoms with Gasteiger partial charge in [0.05, 0.1) is 0 Å². The van der Waals surface area contributed by atoms with Gasteiger partial charge in [0.15, 0.2) is 0 Å². The molecule has 0 spiro atoms. The molecule has 1 saturated heterocycles. The summed E-state index contributed by atoms with van der Waals surface area (Å²) < 4.78 is 0. The van der Waals surface area contributed by atoms with Gasteiger partial charge in [0.1, 0.15) is 0 Å². The summed E-state index contributed by atoms with van der Waals surface area (Å²) in [5, 5.41) is 0. The van der Waals surface area contributed by atoms with Gasteiger partial charge in [0, 0.05) is 18.7 Å². The number of unbranched alkanes of at least 4 members (excludes halogenated alkanes) is 2. The molecule has 3 rings (SSSR count). The highest BCUT2D eigenvalue weighted by Gasteiger charge is 2.24. The number of fused-ring (bicyclic) bond motifs is 1. The van der Waals surface area contributed by atoms with E-state index >= 15 is 0 Å². The molecule has 140 valence electrons. The van der Waals surface area contributed by atoms with Crippen LogP contribution >= 0.6 is 12.4 Å². The zero-order valence-electron chi connectivity index (χ0n) is 15.6. The Morgan fingerprint density at radius 3 is 2.56 bits per heavy atom. The fourth-order valence-corrected chi connectivity index (χ4v) is 4.03. The van der Waals surface area contributed by atoms with Crippen LogP contribution in [0.1, 0.15) is 66.9 Å². The zero-order valence-corrected chi connectivity index (χ0v) is 16.5. The Morgan fingerprint density at radius 1 is 1.00 bits per heavy atom. The molecule has 2 aliphatic heterocycles. The lowest BCUT2D eigenvalue weighted by molar-refractivity contribution is 0.0733. The van der Waals surface area contributed by atoms with Crippen LogP contribution in [0.4, 0.5) is 0 Å². The predicted octanol–water partition coefficient (Wildman–Crippen LogP) is 4.33. The minimum atomic E-state index is 0. The van der Waals surface area contributed by atoms with Crippen molar-refractivity contribution in [2.75, 3.05) is 32.7 Å². The maximum absolute atomic E-state index is 12.7. The standard InChI is InChI=1S/C21H32N2O.ClH/c1-2-3-4-8-18-9-10-20-19(17-18)11-16-23(21(20)24)15-7-14-22-12-5-6-13-22;/h9-10,17H,2-8,11-16H2,1H3;1H. The van der Waals surface area contributed by atoms with E-state index in [-0.39, 0.29) is 18.3 Å². The summed E-state index contributed by atoms with van der Waals surface area (Å²) in [5.41, 5.74) is 3.61. The number of nitrogens with zero attached hydrogens (tertiary/aromatic N) is 2. The highest BCUT2D eigenvalue weighted by atomic mass is 35.5. The van der Waals surface area contributed by atoms with E-state index in [9.17, 15) is 4.79 Å². The molecule has 0 N–H and O–H groups in total. The lowest BCUT2D eigenvalue weighted by Gasteiger charge is -2.29. The first-order valence-corrected chi connectivity index (χ1v) is 9.91. The van der Waals surface area contributed by atoms with Crippen LogP contribution in [0, 0.1) is 0 Å². The van der Waals surface area contributed by atoms with Crippen LogP contribution in [0.5, 0.6) is 0 Å². The van der Waals surface area contributed by atoms with Crippen molar-refractivity contribution in [1.29, 1.82) is 0 Å². The molecule has 0 radical (unpaired) electrons. The number of halogens is 1. The van der Waals surface area contributed by atoms with Crippen molar-refractivity contribution in [3.8, 4) is 0 Å². The molecule has 1 aromatic rings. The maximum atomic E-state index is 12.7. The summed E-state index contributed by atoms with van der Waals surface area (Å²) in [6.07, 6.45) is 9.77. The second-order valence-electron chi connectivity index (χ2n) is 7.39. The Bertz CT molecular complexity index is 555. The zero-order chi connectivity index (χ0) is 16.8. The topological polar surface area (TPSA) is 23.6 Å². The molecule has 0 aromatic heterocycles. The predicted molar refractivity (Wildman–Crippen MR) is 107 cm³/mol. The summed E-state index contributed by atoms with van der Waals surface area (Å²) >= 11 is 0. The summed E-state index contributed by atoms with van der Waals surface area (Å²) in [6.45, 7) is 7.68. The van der Waals surface area contributed by atoms with Crippen LogP contribution in [0.2, 0.25) is 0 Å². The molecule has 1 fully saturated rings. The largest absolute Gasteiger partial charge is 0.338 e. The van der Waals surface area contributed by atoms with Gasteiger partial charge in [-0.2, -0.15) is 0 Å². The van der Waals surface area contributed by atoms with Crippen molar-refractivity contribution >= 4 is 18.3 Å². The van der Waals surface area contributed by atoms with Crippen LogP contribution < -0.4 is 0 Å². The Hall–Kier alpha value is -1.06. The van der Waals surface area contributed by atoms with E-state index < -0.39 is 0 Å². The number of likely N-dealkylation sites (tertiary alicyclic amines) is 1. The van der Waals surface area contributed by atoms with Crippen LogP contribution in [0.3, 0.4) is 0 Å². The van der Waals surface area contributed by atoms with E-state index in [1.807, 2.05) is 0 Å². The van der Waals surface area contributed by atoms with Crippen LogP contribution in [0.25, 0.3) is 0 Å². The number of carbonyl (C=O) groups excluding carboxylic acids is 1. The van der Waals surface area contributed by atoms with Crippen LogP contribution in [0.15, 0.2) is 18.2 Å². The molecule has 4 heteroatoms. The van der Waals surface area contributed by atoms with Gasteiger partial charge in [-0.15, -0.1) is 12.4 Å². The average Bonchev–Trinajstić information content (AvgIpc) is 3.11. The molecule has 2 aliphatic rings. The van der Waals surface area contributed by atoms with E-state index in [2.05, 4.69) is 34.9 Å². The summed E-state index contributed by atoms with van der Waals surface area (Å²) in [7, 11) is 0. The summed E-state index contributed by atoms with van der Waals surface area (Å²) in [5.74, 6) is 0.248. The van der Waals surface area contributed by atoms with Crippen LogP contribution in [-0.4, -0.2) is 48.4 Å². The molecule has 2 heterocycles. The van der Waals surface area contributed by atoms with Gasteiger partial charge in [0.25, 0.3) is 5.91 Å².